The molecule has 0 saturated carbocycles. The SMILES string of the molecule is O=C(Cn1ccc2cc([N+](=O)[O-])ccc21)NC(CC(F)F)C(=O)O. The van der Waals surface area contributed by atoms with Gasteiger partial charge in [-0.25, -0.2) is 13.6 Å². The molecule has 10 heteroatoms. The van der Waals surface area contributed by atoms with Crippen LogP contribution in [0.1, 0.15) is 6.42 Å². The maximum Gasteiger partial charge on any atom is 0.326 e. The Morgan fingerprint density at radius 2 is 2.04 bits per heavy atom. The summed E-state index contributed by atoms with van der Waals surface area (Å²) in [4.78, 5) is 32.9. The van der Waals surface area contributed by atoms with Gasteiger partial charge in [-0.05, 0) is 12.1 Å². The lowest BCUT2D eigenvalue weighted by Crippen LogP contribution is -2.43. The summed E-state index contributed by atoms with van der Waals surface area (Å²) in [6, 6.07) is 3.94. The van der Waals surface area contributed by atoms with Gasteiger partial charge in [0.2, 0.25) is 12.3 Å². The van der Waals surface area contributed by atoms with Crippen LogP contribution in [0.25, 0.3) is 10.9 Å². The third kappa shape index (κ3) is 4.03. The monoisotopic (exact) mass is 341 g/mol. The van der Waals surface area contributed by atoms with Crippen LogP contribution in [0.3, 0.4) is 0 Å². The molecule has 1 unspecified atom stereocenters. The van der Waals surface area contributed by atoms with Gasteiger partial charge < -0.3 is 15.0 Å². The van der Waals surface area contributed by atoms with Gasteiger partial charge in [-0.2, -0.15) is 0 Å². The molecule has 0 aliphatic rings. The number of carbonyl (C=O) groups excluding carboxylic acids is 1. The van der Waals surface area contributed by atoms with E-state index in [-0.39, 0.29) is 12.2 Å². The van der Waals surface area contributed by atoms with Crippen molar-refractivity contribution < 1.29 is 28.4 Å². The fraction of sp³-hybridized carbons (Fsp3) is 0.286. The maximum atomic E-state index is 12.3. The molecule has 2 N–H and O–H groups in total. The number of hydrogen-bond acceptors (Lipinski definition) is 4. The van der Waals surface area contributed by atoms with E-state index < -0.39 is 35.7 Å². The lowest BCUT2D eigenvalue weighted by atomic mass is 10.2. The van der Waals surface area contributed by atoms with E-state index in [1.807, 2.05) is 5.32 Å². The van der Waals surface area contributed by atoms with E-state index in [0.29, 0.717) is 10.9 Å². The smallest absolute Gasteiger partial charge is 0.326 e. The predicted molar refractivity (Wildman–Crippen MR) is 78.8 cm³/mol. The molecule has 0 aliphatic carbocycles. The highest BCUT2D eigenvalue weighted by atomic mass is 19.3. The number of nitrogens with one attached hydrogen (secondary N) is 1. The van der Waals surface area contributed by atoms with Crippen LogP contribution in [0.5, 0.6) is 0 Å². The average molecular weight is 341 g/mol. The number of carboxylic acids is 1. The summed E-state index contributed by atoms with van der Waals surface area (Å²) >= 11 is 0. The number of rotatable bonds is 7. The Hall–Kier alpha value is -3.04. The molecular weight excluding hydrogens is 328 g/mol. The quantitative estimate of drug-likeness (QED) is 0.588. The minimum atomic E-state index is -2.86. The topological polar surface area (TPSA) is 114 Å². The van der Waals surface area contributed by atoms with Crippen molar-refractivity contribution in [1.82, 2.24) is 9.88 Å². The summed E-state index contributed by atoms with van der Waals surface area (Å²) in [5.41, 5.74) is 0.420. The zero-order valence-electron chi connectivity index (χ0n) is 12.2. The Balaban J connectivity index is 2.12. The Kier molecular flexibility index (Phi) is 5.07. The first-order valence-electron chi connectivity index (χ1n) is 6.81. The molecule has 1 heterocycles. The molecule has 1 atom stereocenters. The first-order chi connectivity index (χ1) is 11.3. The Labute approximate surface area is 133 Å². The summed E-state index contributed by atoms with van der Waals surface area (Å²) in [5.74, 6) is -2.30. The highest BCUT2D eigenvalue weighted by Gasteiger charge is 2.24. The number of hydrogen-bond donors (Lipinski definition) is 2. The Bertz CT molecular complexity index is 790. The van der Waals surface area contributed by atoms with Crippen molar-refractivity contribution in [3.63, 3.8) is 0 Å². The number of nitrogens with zero attached hydrogens (tertiary/aromatic N) is 2. The number of alkyl halides is 2. The molecule has 0 spiro atoms. The summed E-state index contributed by atoms with van der Waals surface area (Å²) in [5, 5.41) is 22.1. The number of benzene rings is 1. The van der Waals surface area contributed by atoms with Crippen molar-refractivity contribution >= 4 is 28.5 Å². The van der Waals surface area contributed by atoms with Crippen molar-refractivity contribution in [2.75, 3.05) is 0 Å². The predicted octanol–water partition coefficient (Wildman–Crippen LogP) is 1.77. The van der Waals surface area contributed by atoms with Gasteiger partial charge in [-0.1, -0.05) is 0 Å². The largest absolute Gasteiger partial charge is 0.480 e. The zero-order chi connectivity index (χ0) is 17.9. The number of aromatic nitrogens is 1. The second kappa shape index (κ2) is 7.02. The van der Waals surface area contributed by atoms with Gasteiger partial charge in [0.15, 0.2) is 0 Å². The molecule has 0 fully saturated rings. The molecule has 2 aromatic rings. The number of non-ortho nitro benzene ring substituents is 1. The number of fused-ring (bicyclic) bond motifs is 1. The van der Waals surface area contributed by atoms with Crippen LogP contribution in [0.2, 0.25) is 0 Å². The van der Waals surface area contributed by atoms with Crippen LogP contribution in [0, 0.1) is 10.1 Å². The van der Waals surface area contributed by atoms with Crippen molar-refractivity contribution in [2.24, 2.45) is 0 Å². The van der Waals surface area contributed by atoms with Crippen LogP contribution < -0.4 is 5.32 Å². The number of amides is 1. The first kappa shape index (κ1) is 17.3. The van der Waals surface area contributed by atoms with Crippen LogP contribution in [0.4, 0.5) is 14.5 Å². The number of carboxylic acid groups (broad SMARTS) is 1. The minimum absolute atomic E-state index is 0.104. The van der Waals surface area contributed by atoms with Crippen LogP contribution in [0.15, 0.2) is 30.5 Å². The minimum Gasteiger partial charge on any atom is -0.480 e. The standard InChI is InChI=1S/C14H13F2N3O5/c15-12(16)6-10(14(21)22)17-13(20)7-18-4-3-8-5-9(19(23)24)1-2-11(8)18/h1-5,10,12H,6-7H2,(H,17,20)(H,21,22). The maximum absolute atomic E-state index is 12.3. The van der Waals surface area contributed by atoms with Gasteiger partial charge in [0, 0.05) is 35.7 Å². The fourth-order valence-electron chi connectivity index (χ4n) is 2.23. The molecule has 0 bridgehead atoms. The van der Waals surface area contributed by atoms with E-state index in [0.717, 1.165) is 0 Å². The Morgan fingerprint density at radius 1 is 1.33 bits per heavy atom. The number of nitro groups is 1. The highest BCUT2D eigenvalue weighted by molar-refractivity contribution is 5.86. The van der Waals surface area contributed by atoms with E-state index >= 15 is 0 Å². The van der Waals surface area contributed by atoms with Gasteiger partial charge >= 0.3 is 5.97 Å². The number of aliphatic carboxylic acids is 1. The summed E-state index contributed by atoms with van der Waals surface area (Å²) < 4.78 is 26.1. The van der Waals surface area contributed by atoms with E-state index in [4.69, 9.17) is 5.11 Å². The molecule has 1 amide bonds. The van der Waals surface area contributed by atoms with E-state index in [9.17, 15) is 28.5 Å². The summed E-state index contributed by atoms with van der Waals surface area (Å²) in [7, 11) is 0. The molecule has 128 valence electrons. The van der Waals surface area contributed by atoms with Crippen molar-refractivity contribution in [3.8, 4) is 0 Å². The lowest BCUT2D eigenvalue weighted by molar-refractivity contribution is -0.384. The molecule has 2 rings (SSSR count). The molecule has 1 aromatic carbocycles. The average Bonchev–Trinajstić information content (AvgIpc) is 2.88. The van der Waals surface area contributed by atoms with E-state index in [1.54, 1.807) is 6.07 Å². The summed E-state index contributed by atoms with van der Waals surface area (Å²) in [6.45, 7) is -0.297. The number of nitro benzene ring substituents is 1. The molecule has 0 aliphatic heterocycles. The van der Waals surface area contributed by atoms with Gasteiger partial charge in [0.1, 0.15) is 12.6 Å². The van der Waals surface area contributed by atoms with Gasteiger partial charge in [0.05, 0.1) is 4.92 Å². The van der Waals surface area contributed by atoms with Gasteiger partial charge in [-0.3, -0.25) is 14.9 Å². The van der Waals surface area contributed by atoms with Crippen molar-refractivity contribution in [1.29, 1.82) is 0 Å². The van der Waals surface area contributed by atoms with Crippen LogP contribution >= 0.6 is 0 Å². The molecule has 24 heavy (non-hydrogen) atoms. The molecule has 0 radical (unpaired) electrons. The fourth-order valence-corrected chi connectivity index (χ4v) is 2.23. The molecule has 0 saturated heterocycles. The second-order valence-electron chi connectivity index (χ2n) is 5.03. The van der Waals surface area contributed by atoms with E-state index in [1.165, 1.54) is 29.0 Å². The van der Waals surface area contributed by atoms with Crippen LogP contribution in [-0.4, -0.2) is 38.9 Å². The lowest BCUT2D eigenvalue weighted by Gasteiger charge is -2.14. The van der Waals surface area contributed by atoms with Gasteiger partial charge in [-0.15, -0.1) is 0 Å². The summed E-state index contributed by atoms with van der Waals surface area (Å²) in [6.07, 6.45) is -2.35. The second-order valence-corrected chi connectivity index (χ2v) is 5.03. The Morgan fingerprint density at radius 3 is 2.62 bits per heavy atom. The van der Waals surface area contributed by atoms with E-state index in [2.05, 4.69) is 0 Å². The zero-order valence-corrected chi connectivity index (χ0v) is 12.2. The normalized spacial score (nSPS) is 12.3. The number of carbonyl (C=O) groups is 2. The third-order valence-electron chi connectivity index (χ3n) is 3.33. The molecule has 8 nitrogen and oxygen atoms in total. The first-order valence-corrected chi connectivity index (χ1v) is 6.81. The van der Waals surface area contributed by atoms with Gasteiger partial charge in [0.25, 0.3) is 5.69 Å². The molecule has 1 aromatic heterocycles. The highest BCUT2D eigenvalue weighted by Crippen LogP contribution is 2.21. The van der Waals surface area contributed by atoms with Crippen molar-refractivity contribution in [2.45, 2.75) is 25.4 Å². The molecular formula is C14H13F2N3O5. The van der Waals surface area contributed by atoms with Crippen LogP contribution in [-0.2, 0) is 16.1 Å². The van der Waals surface area contributed by atoms with Crippen molar-refractivity contribution in [3.05, 3.63) is 40.6 Å². The number of halogens is 2. The third-order valence-corrected chi connectivity index (χ3v) is 3.33.